The first-order chi connectivity index (χ1) is 8.98. The van der Waals surface area contributed by atoms with E-state index in [2.05, 4.69) is 9.97 Å². The Morgan fingerprint density at radius 3 is 2.58 bits per heavy atom. The molecule has 0 spiro atoms. The SMILES string of the molecule is O=C(N[C@@H](c1ccccn1)C(F)(F)F)c1ccc[nH]1. The predicted octanol–water partition coefficient (Wildman–Crippen LogP) is 2.44. The van der Waals surface area contributed by atoms with Crippen LogP contribution in [0.4, 0.5) is 13.2 Å². The molecule has 1 atom stereocenters. The second-order valence-electron chi connectivity index (χ2n) is 3.79. The summed E-state index contributed by atoms with van der Waals surface area (Å²) in [6.45, 7) is 0. The molecule has 19 heavy (non-hydrogen) atoms. The van der Waals surface area contributed by atoms with E-state index in [0.29, 0.717) is 0 Å². The van der Waals surface area contributed by atoms with Gasteiger partial charge in [0.25, 0.3) is 5.91 Å². The van der Waals surface area contributed by atoms with Gasteiger partial charge in [-0.2, -0.15) is 13.2 Å². The van der Waals surface area contributed by atoms with Crippen LogP contribution in [0.1, 0.15) is 22.2 Å². The number of alkyl halides is 3. The van der Waals surface area contributed by atoms with Gasteiger partial charge in [-0.05, 0) is 24.3 Å². The lowest BCUT2D eigenvalue weighted by Gasteiger charge is -2.20. The Morgan fingerprint density at radius 2 is 2.05 bits per heavy atom. The summed E-state index contributed by atoms with van der Waals surface area (Å²) >= 11 is 0. The summed E-state index contributed by atoms with van der Waals surface area (Å²) in [6, 6.07) is 4.93. The highest BCUT2D eigenvalue weighted by atomic mass is 19.4. The number of aromatic amines is 1. The van der Waals surface area contributed by atoms with Crippen molar-refractivity contribution in [3.8, 4) is 0 Å². The fourth-order valence-corrected chi connectivity index (χ4v) is 1.55. The van der Waals surface area contributed by atoms with Crippen LogP contribution in [-0.2, 0) is 0 Å². The van der Waals surface area contributed by atoms with Gasteiger partial charge < -0.3 is 10.3 Å². The van der Waals surface area contributed by atoms with Crippen molar-refractivity contribution in [1.82, 2.24) is 15.3 Å². The van der Waals surface area contributed by atoms with Gasteiger partial charge in [0.1, 0.15) is 5.69 Å². The Balaban J connectivity index is 2.23. The monoisotopic (exact) mass is 269 g/mol. The van der Waals surface area contributed by atoms with Gasteiger partial charge in [-0.25, -0.2) is 0 Å². The number of aromatic nitrogens is 2. The highest BCUT2D eigenvalue weighted by Crippen LogP contribution is 2.31. The number of carbonyl (C=O) groups excluding carboxylic acids is 1. The first kappa shape index (κ1) is 13.1. The minimum atomic E-state index is -4.61. The summed E-state index contributed by atoms with van der Waals surface area (Å²) in [7, 11) is 0. The van der Waals surface area contributed by atoms with Gasteiger partial charge in [-0.3, -0.25) is 9.78 Å². The van der Waals surface area contributed by atoms with Crippen LogP contribution >= 0.6 is 0 Å². The fourth-order valence-electron chi connectivity index (χ4n) is 1.55. The van der Waals surface area contributed by atoms with Crippen LogP contribution in [0.25, 0.3) is 0 Å². The zero-order valence-corrected chi connectivity index (χ0v) is 9.61. The molecule has 0 fully saturated rings. The summed E-state index contributed by atoms with van der Waals surface area (Å²) in [6.07, 6.45) is -1.91. The molecule has 2 N–H and O–H groups in total. The van der Waals surface area contributed by atoms with Crippen LogP contribution in [0, 0.1) is 0 Å². The van der Waals surface area contributed by atoms with E-state index in [1.807, 2.05) is 5.32 Å². The average molecular weight is 269 g/mol. The van der Waals surface area contributed by atoms with Crippen molar-refractivity contribution in [3.63, 3.8) is 0 Å². The quantitative estimate of drug-likeness (QED) is 0.899. The van der Waals surface area contributed by atoms with E-state index < -0.39 is 18.1 Å². The normalized spacial score (nSPS) is 13.0. The van der Waals surface area contributed by atoms with Crippen molar-refractivity contribution >= 4 is 5.91 Å². The molecule has 2 aromatic rings. The number of carbonyl (C=O) groups is 1. The molecule has 0 saturated heterocycles. The Hall–Kier alpha value is -2.31. The Labute approximate surface area is 106 Å². The Kier molecular flexibility index (Phi) is 3.55. The van der Waals surface area contributed by atoms with Crippen LogP contribution in [0.15, 0.2) is 42.7 Å². The minimum absolute atomic E-state index is 0.0604. The molecule has 4 nitrogen and oxygen atoms in total. The van der Waals surface area contributed by atoms with Crippen molar-refractivity contribution in [1.29, 1.82) is 0 Å². The molecule has 1 amide bonds. The number of halogens is 3. The molecule has 0 bridgehead atoms. The van der Waals surface area contributed by atoms with Crippen LogP contribution in [-0.4, -0.2) is 22.1 Å². The standard InChI is InChI=1S/C12H10F3N3O/c13-12(14,15)10(8-4-1-2-6-16-8)18-11(19)9-5-3-7-17-9/h1-7,10,17H,(H,18,19)/t10-/m0/s1. The molecule has 0 radical (unpaired) electrons. The van der Waals surface area contributed by atoms with Gasteiger partial charge in [-0.1, -0.05) is 6.07 Å². The van der Waals surface area contributed by atoms with E-state index in [1.54, 1.807) is 0 Å². The molecular weight excluding hydrogens is 259 g/mol. The van der Waals surface area contributed by atoms with E-state index in [1.165, 1.54) is 42.7 Å². The van der Waals surface area contributed by atoms with Gasteiger partial charge in [0, 0.05) is 12.4 Å². The summed E-state index contributed by atoms with van der Waals surface area (Å²) in [4.78, 5) is 17.8. The molecule has 0 aliphatic rings. The van der Waals surface area contributed by atoms with E-state index in [4.69, 9.17) is 0 Å². The lowest BCUT2D eigenvalue weighted by atomic mass is 10.1. The molecule has 7 heteroatoms. The van der Waals surface area contributed by atoms with E-state index in [9.17, 15) is 18.0 Å². The summed E-state index contributed by atoms with van der Waals surface area (Å²) < 4.78 is 38.8. The zero-order chi connectivity index (χ0) is 13.9. The number of nitrogens with one attached hydrogen (secondary N) is 2. The van der Waals surface area contributed by atoms with Crippen molar-refractivity contribution in [2.75, 3.05) is 0 Å². The molecule has 100 valence electrons. The molecule has 0 aliphatic carbocycles. The van der Waals surface area contributed by atoms with Crippen LogP contribution in [0.5, 0.6) is 0 Å². The lowest BCUT2D eigenvalue weighted by molar-refractivity contribution is -0.156. The lowest BCUT2D eigenvalue weighted by Crippen LogP contribution is -2.38. The maximum atomic E-state index is 12.9. The predicted molar refractivity (Wildman–Crippen MR) is 61.3 cm³/mol. The van der Waals surface area contributed by atoms with Gasteiger partial charge >= 0.3 is 6.18 Å². The van der Waals surface area contributed by atoms with E-state index in [0.717, 1.165) is 0 Å². The number of hydrogen-bond acceptors (Lipinski definition) is 2. The minimum Gasteiger partial charge on any atom is -0.357 e. The van der Waals surface area contributed by atoms with E-state index in [-0.39, 0.29) is 11.4 Å². The molecule has 0 saturated carbocycles. The van der Waals surface area contributed by atoms with Gasteiger partial charge in [0.05, 0.1) is 5.69 Å². The second kappa shape index (κ2) is 5.13. The van der Waals surface area contributed by atoms with Crippen molar-refractivity contribution in [2.45, 2.75) is 12.2 Å². The summed E-state index contributed by atoms with van der Waals surface area (Å²) in [5.41, 5.74) is -0.194. The average Bonchev–Trinajstić information content (AvgIpc) is 2.89. The fraction of sp³-hybridized carbons (Fsp3) is 0.167. The number of rotatable bonds is 3. The summed E-state index contributed by atoms with van der Waals surface area (Å²) in [5, 5.41) is 1.92. The third-order valence-electron chi connectivity index (χ3n) is 2.43. The molecule has 2 rings (SSSR count). The van der Waals surface area contributed by atoms with E-state index >= 15 is 0 Å². The van der Waals surface area contributed by atoms with Crippen molar-refractivity contribution < 1.29 is 18.0 Å². The molecule has 2 aromatic heterocycles. The van der Waals surface area contributed by atoms with Crippen LogP contribution in [0.2, 0.25) is 0 Å². The Morgan fingerprint density at radius 1 is 1.26 bits per heavy atom. The second-order valence-corrected chi connectivity index (χ2v) is 3.79. The van der Waals surface area contributed by atoms with Crippen molar-refractivity contribution in [2.24, 2.45) is 0 Å². The van der Waals surface area contributed by atoms with Crippen LogP contribution in [0.3, 0.4) is 0 Å². The van der Waals surface area contributed by atoms with Crippen LogP contribution < -0.4 is 5.32 Å². The maximum absolute atomic E-state index is 12.9. The Bertz CT molecular complexity index is 537. The van der Waals surface area contributed by atoms with Crippen molar-refractivity contribution in [3.05, 3.63) is 54.1 Å². The van der Waals surface area contributed by atoms with Gasteiger partial charge in [0.2, 0.25) is 0 Å². The van der Waals surface area contributed by atoms with Gasteiger partial charge in [0.15, 0.2) is 6.04 Å². The molecule has 0 unspecified atom stereocenters. The number of hydrogen-bond donors (Lipinski definition) is 2. The van der Waals surface area contributed by atoms with Gasteiger partial charge in [-0.15, -0.1) is 0 Å². The number of pyridine rings is 1. The summed E-state index contributed by atoms with van der Waals surface area (Å²) in [5.74, 6) is -0.835. The first-order valence-electron chi connectivity index (χ1n) is 5.40. The molecule has 0 aliphatic heterocycles. The molecular formula is C12H10F3N3O. The third-order valence-corrected chi connectivity index (χ3v) is 2.43. The molecule has 2 heterocycles. The maximum Gasteiger partial charge on any atom is 0.414 e. The molecule has 0 aromatic carbocycles. The highest BCUT2D eigenvalue weighted by Gasteiger charge is 2.43. The highest BCUT2D eigenvalue weighted by molar-refractivity contribution is 5.92. The topological polar surface area (TPSA) is 57.8 Å². The first-order valence-corrected chi connectivity index (χ1v) is 5.40. The number of H-pyrrole nitrogens is 1. The number of amides is 1. The zero-order valence-electron chi connectivity index (χ0n) is 9.61. The largest absolute Gasteiger partial charge is 0.414 e. The number of nitrogens with zero attached hydrogens (tertiary/aromatic N) is 1. The smallest absolute Gasteiger partial charge is 0.357 e. The third kappa shape index (κ3) is 3.12.